The van der Waals surface area contributed by atoms with E-state index >= 15 is 0 Å². The lowest BCUT2D eigenvalue weighted by Gasteiger charge is -2.38. The van der Waals surface area contributed by atoms with Crippen molar-refractivity contribution in [2.75, 3.05) is 33.1 Å². The summed E-state index contributed by atoms with van der Waals surface area (Å²) in [6.07, 6.45) is 8.71. The van der Waals surface area contributed by atoms with Gasteiger partial charge in [0.15, 0.2) is 0 Å². The van der Waals surface area contributed by atoms with Gasteiger partial charge in [-0.3, -0.25) is 4.79 Å². The SMILES string of the molecule is COCC1(C(=O)NC2CCCC(SC)C2)CCNCC1. The largest absolute Gasteiger partial charge is 0.384 e. The first-order valence-electron chi connectivity index (χ1n) is 7.73. The van der Waals surface area contributed by atoms with Gasteiger partial charge < -0.3 is 15.4 Å². The van der Waals surface area contributed by atoms with Crippen LogP contribution in [0, 0.1) is 5.41 Å². The van der Waals surface area contributed by atoms with Crippen molar-refractivity contribution < 1.29 is 9.53 Å². The minimum Gasteiger partial charge on any atom is -0.384 e. The summed E-state index contributed by atoms with van der Waals surface area (Å²) < 4.78 is 5.34. The highest BCUT2D eigenvalue weighted by Gasteiger charge is 2.40. The predicted octanol–water partition coefficient (Wildman–Crippen LogP) is 1.79. The van der Waals surface area contributed by atoms with Crippen molar-refractivity contribution in [1.82, 2.24) is 10.6 Å². The number of piperidine rings is 1. The molecule has 0 aromatic heterocycles. The van der Waals surface area contributed by atoms with Crippen molar-refractivity contribution >= 4 is 17.7 Å². The number of hydrogen-bond acceptors (Lipinski definition) is 4. The Balaban J connectivity index is 1.94. The van der Waals surface area contributed by atoms with Crippen LogP contribution in [0.3, 0.4) is 0 Å². The Morgan fingerprint density at radius 2 is 2.15 bits per heavy atom. The van der Waals surface area contributed by atoms with E-state index in [9.17, 15) is 4.79 Å². The van der Waals surface area contributed by atoms with Gasteiger partial charge in [0.1, 0.15) is 0 Å². The molecule has 116 valence electrons. The fraction of sp³-hybridized carbons (Fsp3) is 0.933. The fourth-order valence-corrected chi connectivity index (χ4v) is 4.27. The number of carbonyl (C=O) groups is 1. The first-order chi connectivity index (χ1) is 9.70. The monoisotopic (exact) mass is 300 g/mol. The molecule has 0 aromatic rings. The lowest BCUT2D eigenvalue weighted by Crippen LogP contribution is -2.53. The Bertz CT molecular complexity index is 313. The summed E-state index contributed by atoms with van der Waals surface area (Å²) in [4.78, 5) is 12.7. The van der Waals surface area contributed by atoms with Gasteiger partial charge >= 0.3 is 0 Å². The molecule has 2 fully saturated rings. The first kappa shape index (κ1) is 16.1. The number of methoxy groups -OCH3 is 1. The third kappa shape index (κ3) is 3.89. The van der Waals surface area contributed by atoms with Gasteiger partial charge in [0.05, 0.1) is 12.0 Å². The van der Waals surface area contributed by atoms with Crippen LogP contribution in [0.15, 0.2) is 0 Å². The highest BCUT2D eigenvalue weighted by Crippen LogP contribution is 2.32. The summed E-state index contributed by atoms with van der Waals surface area (Å²) in [6.45, 7) is 2.36. The molecule has 2 rings (SSSR count). The standard InChI is InChI=1S/C15H28N2O2S/c1-19-11-15(6-8-16-9-7-15)14(18)17-12-4-3-5-13(10-12)20-2/h12-13,16H,3-11H2,1-2H3,(H,17,18). The minimum atomic E-state index is -0.313. The van der Waals surface area contributed by atoms with E-state index in [1.54, 1.807) is 7.11 Å². The molecule has 4 nitrogen and oxygen atoms in total. The number of carbonyl (C=O) groups excluding carboxylic acids is 1. The van der Waals surface area contributed by atoms with E-state index in [4.69, 9.17) is 4.74 Å². The van der Waals surface area contributed by atoms with Crippen LogP contribution in [0.1, 0.15) is 38.5 Å². The molecule has 1 saturated heterocycles. The van der Waals surface area contributed by atoms with Gasteiger partial charge in [-0.2, -0.15) is 11.8 Å². The molecule has 1 aliphatic heterocycles. The van der Waals surface area contributed by atoms with Crippen LogP contribution in [-0.2, 0) is 9.53 Å². The molecule has 5 heteroatoms. The molecule has 1 saturated carbocycles. The van der Waals surface area contributed by atoms with Gasteiger partial charge in [0, 0.05) is 18.4 Å². The van der Waals surface area contributed by atoms with Crippen molar-refractivity contribution in [2.24, 2.45) is 5.41 Å². The van der Waals surface area contributed by atoms with Crippen LogP contribution in [0.4, 0.5) is 0 Å². The van der Waals surface area contributed by atoms with Gasteiger partial charge in [-0.05, 0) is 51.4 Å². The zero-order valence-electron chi connectivity index (χ0n) is 12.7. The van der Waals surface area contributed by atoms with E-state index in [1.807, 2.05) is 11.8 Å². The molecule has 0 bridgehead atoms. The predicted molar refractivity (Wildman–Crippen MR) is 84.1 cm³/mol. The highest BCUT2D eigenvalue weighted by atomic mass is 32.2. The summed E-state index contributed by atoms with van der Waals surface area (Å²) in [5, 5.41) is 7.36. The average molecular weight is 300 g/mol. The molecule has 2 atom stereocenters. The van der Waals surface area contributed by atoms with Crippen molar-refractivity contribution in [3.8, 4) is 0 Å². The zero-order valence-corrected chi connectivity index (χ0v) is 13.6. The van der Waals surface area contributed by atoms with Crippen LogP contribution in [-0.4, -0.2) is 50.3 Å². The van der Waals surface area contributed by atoms with Crippen molar-refractivity contribution in [3.05, 3.63) is 0 Å². The Labute approximate surface area is 126 Å². The Kier molecular flexibility index (Phi) is 6.18. The maximum atomic E-state index is 12.7. The second kappa shape index (κ2) is 7.66. The molecule has 2 aliphatic rings. The average Bonchev–Trinajstić information content (AvgIpc) is 2.48. The number of nitrogens with one attached hydrogen (secondary N) is 2. The van der Waals surface area contributed by atoms with E-state index in [1.165, 1.54) is 12.8 Å². The Morgan fingerprint density at radius 1 is 1.40 bits per heavy atom. The molecular weight excluding hydrogens is 272 g/mol. The molecule has 0 spiro atoms. The van der Waals surface area contributed by atoms with E-state index in [0.29, 0.717) is 17.9 Å². The fourth-order valence-electron chi connectivity index (χ4n) is 3.45. The highest BCUT2D eigenvalue weighted by molar-refractivity contribution is 7.99. The number of hydrogen-bond donors (Lipinski definition) is 2. The van der Waals surface area contributed by atoms with Crippen molar-refractivity contribution in [3.63, 3.8) is 0 Å². The molecule has 2 unspecified atom stereocenters. The molecule has 2 N–H and O–H groups in total. The third-order valence-corrected chi connectivity index (χ3v) is 5.85. The van der Waals surface area contributed by atoms with Crippen LogP contribution < -0.4 is 10.6 Å². The van der Waals surface area contributed by atoms with E-state index < -0.39 is 0 Å². The van der Waals surface area contributed by atoms with Crippen molar-refractivity contribution in [2.45, 2.75) is 49.8 Å². The Hall–Kier alpha value is -0.260. The number of thioether (sulfide) groups is 1. The normalized spacial score (nSPS) is 29.9. The molecular formula is C15H28N2O2S. The maximum Gasteiger partial charge on any atom is 0.228 e. The van der Waals surface area contributed by atoms with E-state index in [2.05, 4.69) is 16.9 Å². The van der Waals surface area contributed by atoms with E-state index in [-0.39, 0.29) is 11.3 Å². The van der Waals surface area contributed by atoms with Gasteiger partial charge in [-0.15, -0.1) is 0 Å². The molecule has 1 heterocycles. The quantitative estimate of drug-likeness (QED) is 0.813. The molecule has 1 amide bonds. The van der Waals surface area contributed by atoms with E-state index in [0.717, 1.165) is 38.8 Å². The lowest BCUT2D eigenvalue weighted by atomic mass is 9.78. The molecule has 20 heavy (non-hydrogen) atoms. The lowest BCUT2D eigenvalue weighted by molar-refractivity contribution is -0.137. The summed E-state index contributed by atoms with van der Waals surface area (Å²) in [6, 6.07) is 0.359. The van der Waals surface area contributed by atoms with Crippen LogP contribution in [0.5, 0.6) is 0 Å². The molecule has 1 aliphatic carbocycles. The third-order valence-electron chi connectivity index (χ3n) is 4.76. The smallest absolute Gasteiger partial charge is 0.228 e. The van der Waals surface area contributed by atoms with Gasteiger partial charge in [0.2, 0.25) is 5.91 Å². The molecule has 0 radical (unpaired) electrons. The minimum absolute atomic E-state index is 0.215. The summed E-state index contributed by atoms with van der Waals surface area (Å²) in [7, 11) is 1.70. The van der Waals surface area contributed by atoms with Gasteiger partial charge in [0.25, 0.3) is 0 Å². The van der Waals surface area contributed by atoms with Gasteiger partial charge in [-0.1, -0.05) is 6.42 Å². The first-order valence-corrected chi connectivity index (χ1v) is 9.02. The van der Waals surface area contributed by atoms with Crippen LogP contribution in [0.2, 0.25) is 0 Å². The zero-order chi connectivity index (χ0) is 14.4. The summed E-state index contributed by atoms with van der Waals surface area (Å²) in [5.41, 5.74) is -0.313. The molecule has 0 aromatic carbocycles. The van der Waals surface area contributed by atoms with Crippen LogP contribution in [0.25, 0.3) is 0 Å². The maximum absolute atomic E-state index is 12.7. The summed E-state index contributed by atoms with van der Waals surface area (Å²) >= 11 is 1.94. The summed E-state index contributed by atoms with van der Waals surface area (Å²) in [5.74, 6) is 0.215. The van der Waals surface area contributed by atoms with Gasteiger partial charge in [-0.25, -0.2) is 0 Å². The number of ether oxygens (including phenoxy) is 1. The second-order valence-electron chi connectivity index (χ2n) is 6.16. The Morgan fingerprint density at radius 3 is 2.80 bits per heavy atom. The van der Waals surface area contributed by atoms with Crippen LogP contribution >= 0.6 is 11.8 Å². The number of amides is 1. The second-order valence-corrected chi connectivity index (χ2v) is 7.30. The number of rotatable bonds is 5. The topological polar surface area (TPSA) is 50.4 Å². The van der Waals surface area contributed by atoms with Crippen molar-refractivity contribution in [1.29, 1.82) is 0 Å².